The average molecular weight is 215 g/mol. The van der Waals surface area contributed by atoms with Crippen molar-refractivity contribution >= 4 is 0 Å². The third-order valence-corrected chi connectivity index (χ3v) is 2.97. The molecule has 2 heterocycles. The van der Waals surface area contributed by atoms with Crippen LogP contribution in [0.3, 0.4) is 0 Å². The van der Waals surface area contributed by atoms with E-state index < -0.39 is 0 Å². The van der Waals surface area contributed by atoms with Gasteiger partial charge in [-0.15, -0.1) is 0 Å². The minimum absolute atomic E-state index is 0.112. The van der Waals surface area contributed by atoms with Gasteiger partial charge in [-0.2, -0.15) is 5.10 Å². The molecule has 5 heteroatoms. The van der Waals surface area contributed by atoms with Crippen molar-refractivity contribution in [3.63, 3.8) is 0 Å². The Hall–Kier alpha value is -1.75. The molecule has 0 saturated heterocycles. The Morgan fingerprint density at radius 2 is 2.12 bits per heavy atom. The number of nitrogens with two attached hydrogens (primary N) is 1. The van der Waals surface area contributed by atoms with Gasteiger partial charge in [-0.25, -0.2) is 14.6 Å². The molecule has 0 fully saturated rings. The number of rotatable bonds is 1. The van der Waals surface area contributed by atoms with Crippen LogP contribution < -0.4 is 5.73 Å². The van der Waals surface area contributed by atoms with Gasteiger partial charge in [0.2, 0.25) is 0 Å². The van der Waals surface area contributed by atoms with Crippen LogP contribution in [0.15, 0.2) is 24.7 Å². The first-order valence-corrected chi connectivity index (χ1v) is 5.46. The molecule has 1 atom stereocenters. The maximum absolute atomic E-state index is 6.04. The molecule has 2 N–H and O–H groups in total. The minimum atomic E-state index is 0.112. The Morgan fingerprint density at radius 1 is 1.31 bits per heavy atom. The summed E-state index contributed by atoms with van der Waals surface area (Å²) in [6.07, 6.45) is 8.43. The van der Waals surface area contributed by atoms with Crippen LogP contribution in [0.25, 0.3) is 5.95 Å². The Bertz CT molecular complexity index is 490. The SMILES string of the molecule is NC1CCCc2c1cnn2-c1ncccn1. The molecule has 3 rings (SSSR count). The Kier molecular flexibility index (Phi) is 2.18. The predicted molar refractivity (Wildman–Crippen MR) is 59.0 cm³/mol. The van der Waals surface area contributed by atoms with Gasteiger partial charge in [0, 0.05) is 24.0 Å². The van der Waals surface area contributed by atoms with Gasteiger partial charge in [0.05, 0.1) is 11.9 Å². The van der Waals surface area contributed by atoms with E-state index in [1.807, 2.05) is 6.20 Å². The van der Waals surface area contributed by atoms with E-state index in [1.165, 1.54) is 0 Å². The van der Waals surface area contributed by atoms with E-state index in [2.05, 4.69) is 15.1 Å². The van der Waals surface area contributed by atoms with Gasteiger partial charge in [0.15, 0.2) is 0 Å². The van der Waals surface area contributed by atoms with Crippen LogP contribution in [0.2, 0.25) is 0 Å². The minimum Gasteiger partial charge on any atom is -0.324 e. The summed E-state index contributed by atoms with van der Waals surface area (Å²) < 4.78 is 1.80. The second-order valence-electron chi connectivity index (χ2n) is 4.01. The third kappa shape index (κ3) is 1.40. The number of hydrogen-bond donors (Lipinski definition) is 1. The summed E-state index contributed by atoms with van der Waals surface area (Å²) in [5.74, 6) is 0.623. The highest BCUT2D eigenvalue weighted by Crippen LogP contribution is 2.28. The van der Waals surface area contributed by atoms with Crippen LogP contribution in [0.5, 0.6) is 0 Å². The van der Waals surface area contributed by atoms with E-state index in [0.29, 0.717) is 5.95 Å². The number of aromatic nitrogens is 4. The summed E-state index contributed by atoms with van der Waals surface area (Å²) >= 11 is 0. The van der Waals surface area contributed by atoms with Gasteiger partial charge in [-0.05, 0) is 25.3 Å². The third-order valence-electron chi connectivity index (χ3n) is 2.97. The summed E-state index contributed by atoms with van der Waals surface area (Å²) in [6, 6.07) is 1.91. The van der Waals surface area contributed by atoms with Gasteiger partial charge in [-0.1, -0.05) is 0 Å². The van der Waals surface area contributed by atoms with Crippen molar-refractivity contribution in [1.82, 2.24) is 19.7 Å². The van der Waals surface area contributed by atoms with E-state index in [9.17, 15) is 0 Å². The first-order chi connectivity index (χ1) is 7.86. The quantitative estimate of drug-likeness (QED) is 0.770. The zero-order valence-corrected chi connectivity index (χ0v) is 8.87. The summed E-state index contributed by atoms with van der Waals surface area (Å²) in [7, 11) is 0. The molecule has 2 aromatic heterocycles. The molecule has 0 aliphatic heterocycles. The first-order valence-electron chi connectivity index (χ1n) is 5.46. The molecule has 0 amide bonds. The Balaban J connectivity index is 2.10. The Morgan fingerprint density at radius 3 is 2.94 bits per heavy atom. The molecule has 0 spiro atoms. The summed E-state index contributed by atoms with van der Waals surface area (Å²) in [5.41, 5.74) is 8.34. The highest BCUT2D eigenvalue weighted by molar-refractivity contribution is 5.29. The monoisotopic (exact) mass is 215 g/mol. The van der Waals surface area contributed by atoms with Crippen molar-refractivity contribution in [2.45, 2.75) is 25.3 Å². The fourth-order valence-corrected chi connectivity index (χ4v) is 2.16. The van der Waals surface area contributed by atoms with Crippen LogP contribution in [0, 0.1) is 0 Å². The van der Waals surface area contributed by atoms with Crippen molar-refractivity contribution in [1.29, 1.82) is 0 Å². The molecular weight excluding hydrogens is 202 g/mol. The molecule has 0 radical (unpaired) electrons. The second kappa shape index (κ2) is 3.68. The molecule has 0 saturated carbocycles. The van der Waals surface area contributed by atoms with Crippen molar-refractivity contribution in [2.24, 2.45) is 5.73 Å². The fourth-order valence-electron chi connectivity index (χ4n) is 2.16. The van der Waals surface area contributed by atoms with Gasteiger partial charge in [0.1, 0.15) is 0 Å². The van der Waals surface area contributed by atoms with Crippen LogP contribution in [-0.2, 0) is 6.42 Å². The van der Waals surface area contributed by atoms with E-state index in [0.717, 1.165) is 30.5 Å². The number of hydrogen-bond acceptors (Lipinski definition) is 4. The normalized spacial score (nSPS) is 19.4. The summed E-state index contributed by atoms with van der Waals surface area (Å²) in [6.45, 7) is 0. The van der Waals surface area contributed by atoms with Crippen LogP contribution in [0.1, 0.15) is 30.1 Å². The topological polar surface area (TPSA) is 69.6 Å². The van der Waals surface area contributed by atoms with Crippen molar-refractivity contribution in [3.8, 4) is 5.95 Å². The molecule has 16 heavy (non-hydrogen) atoms. The van der Waals surface area contributed by atoms with Gasteiger partial charge >= 0.3 is 0 Å². The zero-order valence-electron chi connectivity index (χ0n) is 8.87. The number of fused-ring (bicyclic) bond motifs is 1. The van der Waals surface area contributed by atoms with Gasteiger partial charge in [0.25, 0.3) is 5.95 Å². The maximum Gasteiger partial charge on any atom is 0.250 e. The van der Waals surface area contributed by atoms with Crippen molar-refractivity contribution in [2.75, 3.05) is 0 Å². The van der Waals surface area contributed by atoms with Crippen molar-refractivity contribution in [3.05, 3.63) is 35.9 Å². The first kappa shape index (κ1) is 9.47. The van der Waals surface area contributed by atoms with E-state index in [-0.39, 0.29) is 6.04 Å². The highest BCUT2D eigenvalue weighted by atomic mass is 15.3. The van der Waals surface area contributed by atoms with Gasteiger partial charge < -0.3 is 5.73 Å². The van der Waals surface area contributed by atoms with Crippen LogP contribution >= 0.6 is 0 Å². The highest BCUT2D eigenvalue weighted by Gasteiger charge is 2.22. The molecule has 1 unspecified atom stereocenters. The standard InChI is InChI=1S/C11H13N5/c12-9-3-1-4-10-8(9)7-15-16(10)11-13-5-2-6-14-11/h2,5-7,9H,1,3-4,12H2. The second-order valence-corrected chi connectivity index (χ2v) is 4.01. The predicted octanol–water partition coefficient (Wildman–Crippen LogP) is 0.998. The molecule has 0 bridgehead atoms. The molecule has 0 aromatic carbocycles. The maximum atomic E-state index is 6.04. The zero-order chi connectivity index (χ0) is 11.0. The lowest BCUT2D eigenvalue weighted by Gasteiger charge is -2.18. The average Bonchev–Trinajstić information content (AvgIpc) is 2.75. The molecular formula is C11H13N5. The Labute approximate surface area is 93.3 Å². The van der Waals surface area contributed by atoms with Crippen LogP contribution in [-0.4, -0.2) is 19.7 Å². The van der Waals surface area contributed by atoms with E-state index >= 15 is 0 Å². The molecule has 2 aromatic rings. The molecule has 1 aliphatic rings. The number of nitrogens with zero attached hydrogens (tertiary/aromatic N) is 4. The lowest BCUT2D eigenvalue weighted by Crippen LogP contribution is -2.18. The molecule has 5 nitrogen and oxygen atoms in total. The lowest BCUT2D eigenvalue weighted by atomic mass is 9.94. The molecule has 82 valence electrons. The van der Waals surface area contributed by atoms with Crippen molar-refractivity contribution < 1.29 is 0 Å². The molecule has 1 aliphatic carbocycles. The lowest BCUT2D eigenvalue weighted by molar-refractivity contribution is 0.555. The largest absolute Gasteiger partial charge is 0.324 e. The summed E-state index contributed by atoms with van der Waals surface area (Å²) in [5, 5.41) is 4.33. The smallest absolute Gasteiger partial charge is 0.250 e. The van der Waals surface area contributed by atoms with E-state index in [1.54, 1.807) is 23.1 Å². The van der Waals surface area contributed by atoms with Gasteiger partial charge in [-0.3, -0.25) is 0 Å². The van der Waals surface area contributed by atoms with E-state index in [4.69, 9.17) is 5.73 Å². The van der Waals surface area contributed by atoms with Crippen LogP contribution in [0.4, 0.5) is 0 Å². The summed E-state index contributed by atoms with van der Waals surface area (Å²) in [4.78, 5) is 8.41. The fraction of sp³-hybridized carbons (Fsp3) is 0.364.